The molecule has 6 aromatic rings. The van der Waals surface area contributed by atoms with Crippen molar-refractivity contribution in [1.29, 1.82) is 0 Å². The molecule has 0 amide bonds. The smallest absolute Gasteiger partial charge is 0.146 e. The maximum absolute atomic E-state index is 14.2. The van der Waals surface area contributed by atoms with Gasteiger partial charge in [-0.1, -0.05) is 36.4 Å². The summed E-state index contributed by atoms with van der Waals surface area (Å²) in [5.41, 5.74) is 5.04. The first-order chi connectivity index (χ1) is 13.2. The molecule has 0 saturated carbocycles. The molecule has 0 spiro atoms. The first-order valence-corrected chi connectivity index (χ1v) is 9.03. The lowest BCUT2D eigenvalue weighted by molar-refractivity contribution is 0.629. The molecule has 0 aliphatic carbocycles. The molecule has 0 radical (unpaired) electrons. The van der Waals surface area contributed by atoms with E-state index in [2.05, 4.69) is 35.6 Å². The van der Waals surface area contributed by atoms with Crippen molar-refractivity contribution >= 4 is 49.1 Å². The molecule has 0 aliphatic heterocycles. The van der Waals surface area contributed by atoms with Crippen molar-refractivity contribution in [2.45, 2.75) is 6.92 Å². The molecule has 0 aliphatic rings. The summed E-state index contributed by atoms with van der Waals surface area (Å²) >= 11 is 0. The van der Waals surface area contributed by atoms with Crippen LogP contribution >= 0.6 is 0 Å². The quantitative estimate of drug-likeness (QED) is 0.229. The van der Waals surface area contributed by atoms with E-state index in [9.17, 15) is 4.39 Å². The molecule has 0 N–H and O–H groups in total. The van der Waals surface area contributed by atoms with E-state index in [-0.39, 0.29) is 5.82 Å². The van der Waals surface area contributed by atoms with E-state index in [0.29, 0.717) is 0 Å². The van der Waals surface area contributed by atoms with Crippen molar-refractivity contribution in [3.05, 3.63) is 84.2 Å². The lowest BCUT2D eigenvalue weighted by Gasteiger charge is -2.13. The lowest BCUT2D eigenvalue weighted by Crippen LogP contribution is -1.94. The molecule has 0 unspecified atom stereocenters. The van der Waals surface area contributed by atoms with E-state index in [1.165, 1.54) is 16.8 Å². The minimum Gasteiger partial charge on any atom is -0.292 e. The summed E-state index contributed by atoms with van der Waals surface area (Å²) in [6.45, 7) is 2.12. The highest BCUT2D eigenvalue weighted by Crippen LogP contribution is 2.37. The molecular formula is C24H15FN2. The van der Waals surface area contributed by atoms with Crippen molar-refractivity contribution in [3.8, 4) is 0 Å². The molecule has 0 bridgehead atoms. The van der Waals surface area contributed by atoms with Crippen LogP contribution in [0.1, 0.15) is 5.56 Å². The first-order valence-electron chi connectivity index (χ1n) is 9.03. The molecule has 27 heavy (non-hydrogen) atoms. The van der Waals surface area contributed by atoms with Gasteiger partial charge in [0.05, 0.1) is 16.6 Å². The molecule has 0 atom stereocenters. The van der Waals surface area contributed by atoms with Crippen molar-refractivity contribution in [3.63, 3.8) is 0 Å². The fourth-order valence-electron chi connectivity index (χ4n) is 4.41. The minimum atomic E-state index is -0.222. The zero-order chi connectivity index (χ0) is 18.1. The van der Waals surface area contributed by atoms with Gasteiger partial charge in [0.25, 0.3) is 0 Å². The first kappa shape index (κ1) is 14.7. The number of nitrogens with zero attached hydrogens (tertiary/aromatic N) is 2. The average molecular weight is 350 g/mol. The van der Waals surface area contributed by atoms with Crippen LogP contribution in [0.4, 0.5) is 4.39 Å². The number of pyridine rings is 1. The molecule has 2 heterocycles. The van der Waals surface area contributed by atoms with Crippen molar-refractivity contribution < 1.29 is 4.39 Å². The van der Waals surface area contributed by atoms with Gasteiger partial charge >= 0.3 is 0 Å². The van der Waals surface area contributed by atoms with Gasteiger partial charge in [0.15, 0.2) is 0 Å². The van der Waals surface area contributed by atoms with E-state index in [1.807, 2.05) is 36.4 Å². The number of hydrogen-bond donors (Lipinski definition) is 0. The number of rotatable bonds is 0. The van der Waals surface area contributed by atoms with Crippen LogP contribution in [-0.2, 0) is 0 Å². The van der Waals surface area contributed by atoms with E-state index in [1.54, 1.807) is 6.07 Å². The van der Waals surface area contributed by atoms with Gasteiger partial charge in [-0.15, -0.1) is 0 Å². The molecule has 0 saturated heterocycles. The molecule has 128 valence electrons. The predicted molar refractivity (Wildman–Crippen MR) is 110 cm³/mol. The SMILES string of the molecule is Cc1c2ccccc2cc2c1c1cc(F)ccc1n1c3ccccc3nc21. The van der Waals surface area contributed by atoms with Crippen LogP contribution in [0.5, 0.6) is 0 Å². The second kappa shape index (κ2) is 5.04. The van der Waals surface area contributed by atoms with Gasteiger partial charge < -0.3 is 0 Å². The number of hydrogen-bond acceptors (Lipinski definition) is 1. The van der Waals surface area contributed by atoms with Gasteiger partial charge in [-0.3, -0.25) is 4.40 Å². The Morgan fingerprint density at radius 1 is 0.778 bits per heavy atom. The second-order valence-electron chi connectivity index (χ2n) is 7.07. The number of imidazole rings is 1. The van der Waals surface area contributed by atoms with Crippen LogP contribution in [0, 0.1) is 12.7 Å². The predicted octanol–water partition coefficient (Wildman–Crippen LogP) is 6.39. The Hall–Kier alpha value is -3.46. The van der Waals surface area contributed by atoms with E-state index >= 15 is 0 Å². The summed E-state index contributed by atoms with van der Waals surface area (Å²) < 4.78 is 16.4. The molecule has 2 nitrogen and oxygen atoms in total. The number of aryl methyl sites for hydroxylation is 1. The van der Waals surface area contributed by atoms with Gasteiger partial charge in [-0.05, 0) is 65.0 Å². The third-order valence-electron chi connectivity index (χ3n) is 5.58. The van der Waals surface area contributed by atoms with Crippen molar-refractivity contribution in [1.82, 2.24) is 9.38 Å². The molecule has 2 aromatic heterocycles. The van der Waals surface area contributed by atoms with E-state index < -0.39 is 0 Å². The minimum absolute atomic E-state index is 0.222. The Bertz CT molecular complexity index is 1540. The largest absolute Gasteiger partial charge is 0.292 e. The van der Waals surface area contributed by atoms with Gasteiger partial charge in [0.2, 0.25) is 0 Å². The van der Waals surface area contributed by atoms with Gasteiger partial charge in [-0.2, -0.15) is 0 Å². The van der Waals surface area contributed by atoms with Crippen LogP contribution in [0.3, 0.4) is 0 Å². The van der Waals surface area contributed by atoms with Gasteiger partial charge in [0.1, 0.15) is 11.5 Å². The average Bonchev–Trinajstić information content (AvgIpc) is 3.08. The Morgan fingerprint density at radius 3 is 2.52 bits per heavy atom. The molecular weight excluding hydrogens is 335 g/mol. The van der Waals surface area contributed by atoms with Crippen LogP contribution in [0.2, 0.25) is 0 Å². The maximum Gasteiger partial charge on any atom is 0.146 e. The van der Waals surface area contributed by atoms with Gasteiger partial charge in [0, 0.05) is 10.8 Å². The Labute approximate surface area is 154 Å². The zero-order valence-corrected chi connectivity index (χ0v) is 14.7. The second-order valence-corrected chi connectivity index (χ2v) is 7.07. The molecule has 4 aromatic carbocycles. The van der Waals surface area contributed by atoms with E-state index in [0.717, 1.165) is 43.9 Å². The highest BCUT2D eigenvalue weighted by molar-refractivity contribution is 6.19. The number of fused-ring (bicyclic) bond motifs is 9. The number of benzene rings is 4. The summed E-state index contributed by atoms with van der Waals surface area (Å²) in [5, 5.41) is 5.42. The molecule has 0 fully saturated rings. The summed E-state index contributed by atoms with van der Waals surface area (Å²) in [5.74, 6) is -0.222. The Kier molecular flexibility index (Phi) is 2.74. The standard InChI is InChI=1S/C24H15FN2/c1-14-17-7-3-2-6-15(17)12-19-23(14)18-13-16(25)10-11-21(18)27-22-9-5-4-8-20(22)26-24(19)27/h2-13H,1H3. The zero-order valence-electron chi connectivity index (χ0n) is 14.7. The van der Waals surface area contributed by atoms with Crippen LogP contribution in [-0.4, -0.2) is 9.38 Å². The number of para-hydroxylation sites is 2. The summed E-state index contributed by atoms with van der Waals surface area (Å²) in [4.78, 5) is 4.93. The van der Waals surface area contributed by atoms with E-state index in [4.69, 9.17) is 4.98 Å². The molecule has 6 rings (SSSR count). The highest BCUT2D eigenvalue weighted by atomic mass is 19.1. The summed E-state index contributed by atoms with van der Waals surface area (Å²) in [7, 11) is 0. The third-order valence-corrected chi connectivity index (χ3v) is 5.58. The highest BCUT2D eigenvalue weighted by Gasteiger charge is 2.16. The third kappa shape index (κ3) is 1.86. The summed E-state index contributed by atoms with van der Waals surface area (Å²) in [6.07, 6.45) is 0. The maximum atomic E-state index is 14.2. The topological polar surface area (TPSA) is 17.3 Å². The molecule has 3 heteroatoms. The van der Waals surface area contributed by atoms with Crippen molar-refractivity contribution in [2.24, 2.45) is 0 Å². The Balaban J connectivity index is 2.04. The van der Waals surface area contributed by atoms with Crippen LogP contribution < -0.4 is 0 Å². The van der Waals surface area contributed by atoms with Crippen LogP contribution in [0.25, 0.3) is 49.1 Å². The number of aromatic nitrogens is 2. The summed E-state index contributed by atoms with van der Waals surface area (Å²) in [6, 6.07) is 23.7. The van der Waals surface area contributed by atoms with Crippen molar-refractivity contribution in [2.75, 3.05) is 0 Å². The fourth-order valence-corrected chi connectivity index (χ4v) is 4.41. The van der Waals surface area contributed by atoms with Gasteiger partial charge in [-0.25, -0.2) is 9.37 Å². The number of halogens is 1. The fraction of sp³-hybridized carbons (Fsp3) is 0.0417. The van der Waals surface area contributed by atoms with Crippen LogP contribution in [0.15, 0.2) is 72.8 Å². The Morgan fingerprint density at radius 2 is 1.59 bits per heavy atom. The lowest BCUT2D eigenvalue weighted by atomic mass is 9.95. The normalized spacial score (nSPS) is 12.1. The monoisotopic (exact) mass is 350 g/mol.